The van der Waals surface area contributed by atoms with Gasteiger partial charge in [0.1, 0.15) is 0 Å². The molecule has 0 saturated carbocycles. The predicted molar refractivity (Wildman–Crippen MR) is 136 cm³/mol. The van der Waals surface area contributed by atoms with Crippen LogP contribution in [0.1, 0.15) is 48.5 Å². The first-order chi connectivity index (χ1) is 16.1. The van der Waals surface area contributed by atoms with Crippen LogP contribution in [0.5, 0.6) is 0 Å². The number of carbonyl (C=O) groups excluding carboxylic acids is 2. The second kappa shape index (κ2) is 11.4. The number of hydrogen-bond acceptors (Lipinski definition) is 4. The lowest BCUT2D eigenvalue weighted by atomic mass is 9.99. The first kappa shape index (κ1) is 26.3. The molecule has 1 N–H and O–H groups in total. The normalized spacial score (nSPS) is 16.2. The number of carbonyl (C=O) groups is 2. The summed E-state index contributed by atoms with van der Waals surface area (Å²) in [6.45, 7) is 2.82. The van der Waals surface area contributed by atoms with E-state index in [1.807, 2.05) is 4.90 Å². The Kier molecular flexibility index (Phi) is 8.84. The van der Waals surface area contributed by atoms with Gasteiger partial charge in [-0.25, -0.2) is 8.42 Å². The van der Waals surface area contributed by atoms with Crippen molar-refractivity contribution in [1.29, 1.82) is 0 Å². The third-order valence-electron chi connectivity index (χ3n) is 5.96. The number of anilines is 1. The Morgan fingerprint density at radius 1 is 1.12 bits per heavy atom. The van der Waals surface area contributed by atoms with Gasteiger partial charge in [-0.3, -0.25) is 13.9 Å². The lowest BCUT2D eigenvalue weighted by molar-refractivity contribution is -0.132. The zero-order chi connectivity index (χ0) is 24.9. The predicted octanol–water partition coefficient (Wildman–Crippen LogP) is 4.48. The van der Waals surface area contributed by atoms with Crippen LogP contribution < -0.4 is 9.62 Å². The van der Waals surface area contributed by atoms with E-state index in [0.29, 0.717) is 39.8 Å². The molecule has 0 bridgehead atoms. The van der Waals surface area contributed by atoms with Crippen molar-refractivity contribution in [3.8, 4) is 0 Å². The van der Waals surface area contributed by atoms with E-state index in [9.17, 15) is 18.0 Å². The number of piperidine rings is 1. The molecule has 1 aliphatic rings. The van der Waals surface area contributed by atoms with Crippen molar-refractivity contribution in [2.45, 2.75) is 45.2 Å². The minimum absolute atomic E-state index is 0.0117. The van der Waals surface area contributed by atoms with E-state index in [1.165, 1.54) is 4.31 Å². The van der Waals surface area contributed by atoms with Crippen LogP contribution in [-0.2, 0) is 21.4 Å². The number of hydrogen-bond donors (Lipinski definition) is 1. The van der Waals surface area contributed by atoms with Crippen LogP contribution in [0.3, 0.4) is 0 Å². The third kappa shape index (κ3) is 6.64. The van der Waals surface area contributed by atoms with E-state index in [-0.39, 0.29) is 24.4 Å². The van der Waals surface area contributed by atoms with Crippen LogP contribution in [-0.4, -0.2) is 50.5 Å². The van der Waals surface area contributed by atoms with E-state index < -0.39 is 10.0 Å². The van der Waals surface area contributed by atoms with Gasteiger partial charge in [0.2, 0.25) is 15.9 Å². The van der Waals surface area contributed by atoms with Gasteiger partial charge in [0, 0.05) is 31.6 Å². The number of nitrogens with zero attached hydrogens (tertiary/aromatic N) is 2. The van der Waals surface area contributed by atoms with Crippen LogP contribution in [0.15, 0.2) is 42.5 Å². The molecular weight excluding hydrogens is 497 g/mol. The summed E-state index contributed by atoms with van der Waals surface area (Å²) in [5, 5.41) is 3.54. The molecule has 0 aromatic heterocycles. The Hall–Kier alpha value is -2.29. The van der Waals surface area contributed by atoms with Crippen LogP contribution >= 0.6 is 23.2 Å². The summed E-state index contributed by atoms with van der Waals surface area (Å²) in [7, 11) is -3.62. The minimum Gasteiger partial charge on any atom is -0.352 e. The Balaban J connectivity index is 1.65. The quantitative estimate of drug-likeness (QED) is 0.550. The molecule has 2 aromatic rings. The molecule has 1 heterocycles. The molecule has 0 radical (unpaired) electrons. The summed E-state index contributed by atoms with van der Waals surface area (Å²) in [5.41, 5.74) is 1.41. The average Bonchev–Trinajstić information content (AvgIpc) is 2.79. The van der Waals surface area contributed by atoms with Gasteiger partial charge < -0.3 is 10.2 Å². The van der Waals surface area contributed by atoms with Crippen LogP contribution in [0.2, 0.25) is 10.0 Å². The number of sulfonamides is 1. The minimum atomic E-state index is -3.62. The zero-order valence-electron chi connectivity index (χ0n) is 19.3. The fourth-order valence-electron chi connectivity index (χ4n) is 4.17. The lowest BCUT2D eigenvalue weighted by Gasteiger charge is -2.35. The Labute approximate surface area is 211 Å². The lowest BCUT2D eigenvalue weighted by Crippen LogP contribution is -2.44. The Bertz CT molecular complexity index is 1140. The van der Waals surface area contributed by atoms with Crippen LogP contribution in [0, 0.1) is 0 Å². The number of halogens is 2. The number of rotatable bonds is 8. The monoisotopic (exact) mass is 525 g/mol. The molecule has 0 aliphatic carbocycles. The molecule has 184 valence electrons. The van der Waals surface area contributed by atoms with Gasteiger partial charge in [-0.15, -0.1) is 0 Å². The second-order valence-electron chi connectivity index (χ2n) is 8.44. The highest BCUT2D eigenvalue weighted by molar-refractivity contribution is 7.92. The van der Waals surface area contributed by atoms with E-state index in [1.54, 1.807) is 49.4 Å². The molecule has 1 aliphatic heterocycles. The summed E-state index contributed by atoms with van der Waals surface area (Å²) in [4.78, 5) is 26.3. The highest BCUT2D eigenvalue weighted by atomic mass is 35.5. The van der Waals surface area contributed by atoms with E-state index in [2.05, 4.69) is 5.32 Å². The van der Waals surface area contributed by atoms with Crippen LogP contribution in [0.25, 0.3) is 0 Å². The average molecular weight is 526 g/mol. The molecular formula is C24H29Cl2N3O4S. The number of likely N-dealkylation sites (tertiary alicyclic amines) is 1. The molecule has 2 amide bonds. The maximum Gasteiger partial charge on any atom is 0.251 e. The van der Waals surface area contributed by atoms with Crippen molar-refractivity contribution in [1.82, 2.24) is 10.2 Å². The van der Waals surface area contributed by atoms with Crippen molar-refractivity contribution in [3.63, 3.8) is 0 Å². The second-order valence-corrected chi connectivity index (χ2v) is 11.1. The molecule has 7 nitrogen and oxygen atoms in total. The largest absolute Gasteiger partial charge is 0.352 e. The van der Waals surface area contributed by atoms with E-state index >= 15 is 0 Å². The molecule has 10 heteroatoms. The van der Waals surface area contributed by atoms with Gasteiger partial charge in [0.15, 0.2) is 0 Å². The van der Waals surface area contributed by atoms with Crippen molar-refractivity contribution in [2.24, 2.45) is 0 Å². The number of nitrogens with one attached hydrogen (secondary N) is 1. The Morgan fingerprint density at radius 3 is 2.47 bits per heavy atom. The highest BCUT2D eigenvalue weighted by Gasteiger charge is 2.24. The summed E-state index contributed by atoms with van der Waals surface area (Å²) >= 11 is 12.3. The fraction of sp³-hybridized carbons (Fsp3) is 0.417. The van der Waals surface area contributed by atoms with Crippen molar-refractivity contribution < 1.29 is 18.0 Å². The first-order valence-electron chi connectivity index (χ1n) is 11.1. The molecule has 1 unspecified atom stereocenters. The van der Waals surface area contributed by atoms with Gasteiger partial charge in [0.05, 0.1) is 28.5 Å². The van der Waals surface area contributed by atoms with E-state index in [4.69, 9.17) is 23.2 Å². The van der Waals surface area contributed by atoms with Crippen molar-refractivity contribution in [2.75, 3.05) is 23.7 Å². The van der Waals surface area contributed by atoms with Gasteiger partial charge >= 0.3 is 0 Å². The molecule has 1 fully saturated rings. The molecule has 1 saturated heterocycles. The molecule has 34 heavy (non-hydrogen) atoms. The summed E-state index contributed by atoms with van der Waals surface area (Å²) in [5.74, 6) is -0.179. The van der Waals surface area contributed by atoms with Gasteiger partial charge in [0.25, 0.3) is 5.91 Å². The maximum absolute atomic E-state index is 12.6. The van der Waals surface area contributed by atoms with Gasteiger partial charge in [-0.05, 0) is 61.6 Å². The first-order valence-corrected chi connectivity index (χ1v) is 13.7. The smallest absolute Gasteiger partial charge is 0.251 e. The summed E-state index contributed by atoms with van der Waals surface area (Å²) < 4.78 is 26.1. The molecule has 1 atom stereocenters. The Morgan fingerprint density at radius 2 is 1.82 bits per heavy atom. The maximum atomic E-state index is 12.6. The fourth-order valence-corrected chi connectivity index (χ4v) is 5.43. The standard InChI is InChI=1S/C24H29Cl2N3O4S/c1-17(30)28-15-4-3-7-20(28)13-14-27-24(31)18-9-11-21(12-10-18)29(34(2,32)33)16-19-6-5-8-22(25)23(19)26/h5-6,8-12,20H,3-4,7,13-16H2,1-2H3,(H,27,31). The number of benzene rings is 2. The van der Waals surface area contributed by atoms with E-state index in [0.717, 1.165) is 32.1 Å². The zero-order valence-corrected chi connectivity index (χ0v) is 21.6. The highest BCUT2D eigenvalue weighted by Crippen LogP contribution is 2.29. The van der Waals surface area contributed by atoms with Crippen molar-refractivity contribution in [3.05, 3.63) is 63.6 Å². The summed E-state index contributed by atoms with van der Waals surface area (Å²) in [6, 6.07) is 11.6. The molecule has 2 aromatic carbocycles. The van der Waals surface area contributed by atoms with Crippen LogP contribution in [0.4, 0.5) is 5.69 Å². The molecule has 0 spiro atoms. The topological polar surface area (TPSA) is 86.8 Å². The summed E-state index contributed by atoms with van der Waals surface area (Å²) in [6.07, 6.45) is 4.86. The van der Waals surface area contributed by atoms with Crippen molar-refractivity contribution >= 4 is 50.7 Å². The number of amides is 2. The third-order valence-corrected chi connectivity index (χ3v) is 7.96. The van der Waals surface area contributed by atoms with Gasteiger partial charge in [-0.1, -0.05) is 35.3 Å². The SMILES string of the molecule is CC(=O)N1CCCCC1CCNC(=O)c1ccc(N(Cc2cccc(Cl)c2Cl)S(C)(=O)=O)cc1. The molecule has 3 rings (SSSR count). The van der Waals surface area contributed by atoms with Gasteiger partial charge in [-0.2, -0.15) is 0 Å².